The lowest BCUT2D eigenvalue weighted by atomic mass is 9.99. The highest BCUT2D eigenvalue weighted by Crippen LogP contribution is 2.35. The molecule has 1 fully saturated rings. The van der Waals surface area contributed by atoms with Gasteiger partial charge in [0.05, 0.1) is 16.3 Å². The lowest BCUT2D eigenvalue weighted by Gasteiger charge is -2.20. The summed E-state index contributed by atoms with van der Waals surface area (Å²) in [6.07, 6.45) is 1.65. The maximum Gasteiger partial charge on any atom is 0.294 e. The van der Waals surface area contributed by atoms with Gasteiger partial charge >= 0.3 is 0 Å². The van der Waals surface area contributed by atoms with Crippen molar-refractivity contribution in [3.05, 3.63) is 40.1 Å². The molecule has 0 aliphatic carbocycles. The summed E-state index contributed by atoms with van der Waals surface area (Å²) in [4.78, 5) is 6.54. The zero-order chi connectivity index (χ0) is 16.7. The van der Waals surface area contributed by atoms with E-state index in [0.717, 1.165) is 5.56 Å². The molecule has 2 atom stereocenters. The summed E-state index contributed by atoms with van der Waals surface area (Å²) in [5.74, 6) is 0.581. The standard InChI is InChI=1S/C17H18ClN3O2/c1-9(2)16-15-13(22)6-7-21(15)17(23-16)20-12-5-4-11(8-19)14(18)10(12)3/h4-6,9,15-16,22H,7H2,1-3H3/t15-,16-/m1/s1. The largest absolute Gasteiger partial charge is 0.510 e. The van der Waals surface area contributed by atoms with Gasteiger partial charge in [0.15, 0.2) is 0 Å². The van der Waals surface area contributed by atoms with Crippen LogP contribution in [0.4, 0.5) is 5.69 Å². The Kier molecular flexibility index (Phi) is 3.95. The second-order valence-corrected chi connectivity index (χ2v) is 6.51. The van der Waals surface area contributed by atoms with Crippen molar-refractivity contribution in [3.63, 3.8) is 0 Å². The van der Waals surface area contributed by atoms with Crippen molar-refractivity contribution < 1.29 is 9.84 Å². The van der Waals surface area contributed by atoms with Crippen LogP contribution < -0.4 is 0 Å². The molecule has 120 valence electrons. The first-order chi connectivity index (χ1) is 10.9. The molecule has 6 heteroatoms. The highest BCUT2D eigenvalue weighted by Gasteiger charge is 2.46. The number of benzene rings is 1. The number of amidine groups is 1. The Morgan fingerprint density at radius 1 is 1.48 bits per heavy atom. The maximum absolute atomic E-state index is 10.1. The number of nitrogens with zero attached hydrogens (tertiary/aromatic N) is 3. The van der Waals surface area contributed by atoms with E-state index in [-0.39, 0.29) is 18.1 Å². The van der Waals surface area contributed by atoms with Gasteiger partial charge in [0.2, 0.25) is 0 Å². The normalized spacial score (nSPS) is 24.6. The van der Waals surface area contributed by atoms with Crippen molar-refractivity contribution in [2.75, 3.05) is 6.54 Å². The Morgan fingerprint density at radius 2 is 2.22 bits per heavy atom. The first-order valence-corrected chi connectivity index (χ1v) is 7.92. The van der Waals surface area contributed by atoms with Crippen molar-refractivity contribution in [2.24, 2.45) is 10.9 Å². The monoisotopic (exact) mass is 331 g/mol. The number of rotatable bonds is 2. The third kappa shape index (κ3) is 2.53. The van der Waals surface area contributed by atoms with Crippen molar-refractivity contribution in [2.45, 2.75) is 32.9 Å². The van der Waals surface area contributed by atoms with Crippen LogP contribution in [-0.2, 0) is 4.74 Å². The quantitative estimate of drug-likeness (QED) is 0.897. The molecule has 0 amide bonds. The van der Waals surface area contributed by atoms with E-state index in [4.69, 9.17) is 21.6 Å². The molecule has 1 aromatic rings. The number of nitriles is 1. The van der Waals surface area contributed by atoms with E-state index in [1.54, 1.807) is 18.2 Å². The molecule has 5 nitrogen and oxygen atoms in total. The van der Waals surface area contributed by atoms with Gasteiger partial charge in [0.1, 0.15) is 24.0 Å². The SMILES string of the molecule is Cc1c(N=C2O[C@H](C(C)C)[C@H]3C(O)=CCN23)ccc(C#N)c1Cl. The van der Waals surface area contributed by atoms with E-state index >= 15 is 0 Å². The summed E-state index contributed by atoms with van der Waals surface area (Å²) in [5, 5.41) is 19.5. The maximum atomic E-state index is 10.1. The fourth-order valence-corrected chi connectivity index (χ4v) is 3.16. The van der Waals surface area contributed by atoms with E-state index in [1.165, 1.54) is 0 Å². The first-order valence-electron chi connectivity index (χ1n) is 7.54. The van der Waals surface area contributed by atoms with Crippen molar-refractivity contribution in [1.82, 2.24) is 4.90 Å². The molecule has 2 heterocycles. The Bertz CT molecular complexity index is 749. The minimum atomic E-state index is -0.178. The van der Waals surface area contributed by atoms with Gasteiger partial charge < -0.3 is 14.7 Å². The average molecular weight is 332 g/mol. The second kappa shape index (κ2) is 5.78. The van der Waals surface area contributed by atoms with Gasteiger partial charge in [0, 0.05) is 6.54 Å². The van der Waals surface area contributed by atoms with Crippen molar-refractivity contribution in [3.8, 4) is 6.07 Å². The van der Waals surface area contributed by atoms with Crippen LogP contribution in [0.1, 0.15) is 25.0 Å². The van der Waals surface area contributed by atoms with E-state index in [9.17, 15) is 5.11 Å². The number of halogens is 1. The van der Waals surface area contributed by atoms with Crippen LogP contribution in [0.15, 0.2) is 29.0 Å². The summed E-state index contributed by atoms with van der Waals surface area (Å²) in [6, 6.07) is 5.78. The molecule has 2 aliphatic rings. The van der Waals surface area contributed by atoms with Gasteiger partial charge in [-0.15, -0.1) is 0 Å². The van der Waals surface area contributed by atoms with Crippen LogP contribution >= 0.6 is 11.6 Å². The number of hydrogen-bond donors (Lipinski definition) is 1. The number of aliphatic hydroxyl groups is 1. The summed E-state index contributed by atoms with van der Waals surface area (Å²) in [6.45, 7) is 6.51. The zero-order valence-electron chi connectivity index (χ0n) is 13.2. The van der Waals surface area contributed by atoms with Crippen LogP contribution in [0.25, 0.3) is 0 Å². The number of fused-ring (bicyclic) bond motifs is 1. The third-order valence-corrected chi connectivity index (χ3v) is 4.77. The Morgan fingerprint density at radius 3 is 2.87 bits per heavy atom. The number of aliphatic imine (C=N–C) groups is 1. The third-order valence-electron chi connectivity index (χ3n) is 4.29. The molecule has 0 radical (unpaired) electrons. The van der Waals surface area contributed by atoms with Gasteiger partial charge in [0.25, 0.3) is 6.02 Å². The minimum absolute atomic E-state index is 0.137. The Balaban J connectivity index is 1.98. The van der Waals surface area contributed by atoms with Gasteiger partial charge in [-0.1, -0.05) is 25.4 Å². The smallest absolute Gasteiger partial charge is 0.294 e. The zero-order valence-corrected chi connectivity index (χ0v) is 14.0. The molecule has 0 bridgehead atoms. The molecular formula is C17H18ClN3O2. The number of hydrogen-bond acceptors (Lipinski definition) is 4. The molecule has 0 aromatic heterocycles. The predicted octanol–water partition coefficient (Wildman–Crippen LogP) is 3.69. The van der Waals surface area contributed by atoms with Crippen LogP contribution in [-0.4, -0.2) is 34.7 Å². The fraction of sp³-hybridized carbons (Fsp3) is 0.412. The first kappa shape index (κ1) is 15.7. The second-order valence-electron chi connectivity index (χ2n) is 6.13. The fourth-order valence-electron chi connectivity index (χ4n) is 2.96. The lowest BCUT2D eigenvalue weighted by Crippen LogP contribution is -2.36. The number of aliphatic hydroxyl groups excluding tert-OH is 1. The highest BCUT2D eigenvalue weighted by atomic mass is 35.5. The van der Waals surface area contributed by atoms with E-state index < -0.39 is 0 Å². The molecule has 0 spiro atoms. The van der Waals surface area contributed by atoms with Gasteiger partial charge in [-0.25, -0.2) is 0 Å². The topological polar surface area (TPSA) is 68.8 Å². The molecule has 1 saturated heterocycles. The summed E-state index contributed by atoms with van der Waals surface area (Å²) in [5.41, 5.74) is 1.83. The van der Waals surface area contributed by atoms with E-state index in [1.807, 2.05) is 11.8 Å². The molecule has 23 heavy (non-hydrogen) atoms. The van der Waals surface area contributed by atoms with Crippen LogP contribution in [0.3, 0.4) is 0 Å². The summed E-state index contributed by atoms with van der Waals surface area (Å²) >= 11 is 6.20. The molecule has 3 rings (SSSR count). The molecular weight excluding hydrogens is 314 g/mol. The highest BCUT2D eigenvalue weighted by molar-refractivity contribution is 6.32. The minimum Gasteiger partial charge on any atom is -0.510 e. The number of ether oxygens (including phenoxy) is 1. The lowest BCUT2D eigenvalue weighted by molar-refractivity contribution is 0.135. The molecule has 2 aliphatic heterocycles. The van der Waals surface area contributed by atoms with Crippen LogP contribution in [0.2, 0.25) is 5.02 Å². The van der Waals surface area contributed by atoms with Crippen LogP contribution in [0.5, 0.6) is 0 Å². The van der Waals surface area contributed by atoms with Gasteiger partial charge in [-0.3, -0.25) is 0 Å². The summed E-state index contributed by atoms with van der Waals surface area (Å²) < 4.78 is 5.98. The van der Waals surface area contributed by atoms with E-state index in [2.05, 4.69) is 24.9 Å². The van der Waals surface area contributed by atoms with Crippen LogP contribution in [0, 0.1) is 24.2 Å². The molecule has 0 unspecified atom stereocenters. The van der Waals surface area contributed by atoms with Gasteiger partial charge in [-0.2, -0.15) is 10.3 Å². The molecule has 0 saturated carbocycles. The summed E-state index contributed by atoms with van der Waals surface area (Å²) in [7, 11) is 0. The Labute approximate surface area is 140 Å². The average Bonchev–Trinajstić information content (AvgIpc) is 3.06. The molecule has 1 N–H and O–H groups in total. The Hall–Kier alpha value is -2.19. The van der Waals surface area contributed by atoms with E-state index in [0.29, 0.717) is 34.6 Å². The molecule has 1 aromatic carbocycles. The van der Waals surface area contributed by atoms with Crippen molar-refractivity contribution >= 4 is 23.3 Å². The van der Waals surface area contributed by atoms with Crippen molar-refractivity contribution in [1.29, 1.82) is 5.26 Å². The predicted molar refractivity (Wildman–Crippen MR) is 88.9 cm³/mol. The van der Waals surface area contributed by atoms with Gasteiger partial charge in [-0.05, 0) is 36.6 Å².